The molecule has 13 heteroatoms. The summed E-state index contributed by atoms with van der Waals surface area (Å²) in [5.41, 5.74) is 1.29. The Hall–Kier alpha value is -3.55. The van der Waals surface area contributed by atoms with Crippen LogP contribution in [0.5, 0.6) is 0 Å². The van der Waals surface area contributed by atoms with Gasteiger partial charge >= 0.3 is 5.97 Å². The average Bonchev–Trinajstić information content (AvgIpc) is 3.79. The molecule has 3 rings (SSSR count). The van der Waals surface area contributed by atoms with Gasteiger partial charge in [0.15, 0.2) is 0 Å². The van der Waals surface area contributed by atoms with Gasteiger partial charge in [-0.3, -0.25) is 24.1 Å². The van der Waals surface area contributed by atoms with E-state index < -0.39 is 47.8 Å². The molecule has 0 unspecified atom stereocenters. The first-order chi connectivity index (χ1) is 25.9. The van der Waals surface area contributed by atoms with Crippen LogP contribution in [0.3, 0.4) is 0 Å². The molecule has 0 aromatic heterocycles. The molecule has 2 fully saturated rings. The van der Waals surface area contributed by atoms with Crippen molar-refractivity contribution in [2.75, 3.05) is 48.5 Å². The molecule has 0 spiro atoms. The number of nitrogens with one attached hydrogen (secondary N) is 2. The van der Waals surface area contributed by atoms with E-state index in [1.807, 2.05) is 77.8 Å². The Morgan fingerprint density at radius 3 is 2.15 bits per heavy atom. The number of rotatable bonds is 19. The molecule has 13 nitrogen and oxygen atoms in total. The molecule has 2 aliphatic rings. The number of esters is 1. The van der Waals surface area contributed by atoms with Gasteiger partial charge in [-0.2, -0.15) is 0 Å². The van der Waals surface area contributed by atoms with Crippen LogP contribution in [0.25, 0.3) is 0 Å². The Morgan fingerprint density at radius 1 is 0.964 bits per heavy atom. The van der Waals surface area contributed by atoms with Gasteiger partial charge in [0.1, 0.15) is 12.1 Å². The number of aryl methyl sites for hydroxylation is 1. The molecule has 4 amide bonds. The van der Waals surface area contributed by atoms with Gasteiger partial charge in [0, 0.05) is 34.2 Å². The maximum Gasteiger partial charge on any atom is 0.328 e. The number of benzene rings is 1. The second-order valence-corrected chi connectivity index (χ2v) is 16.4. The van der Waals surface area contributed by atoms with Gasteiger partial charge in [-0.25, -0.2) is 4.79 Å². The normalized spacial score (nSPS) is 22.6. The minimum absolute atomic E-state index is 0.0131. The predicted octanol–water partition coefficient (Wildman–Crippen LogP) is 3.74. The summed E-state index contributed by atoms with van der Waals surface area (Å²) in [6.45, 7) is 14.9. The molecule has 0 radical (unpaired) electrons. The Kier molecular flexibility index (Phi) is 17.1. The van der Waals surface area contributed by atoms with E-state index in [9.17, 15) is 24.0 Å². The highest BCUT2D eigenvalue weighted by Gasteiger charge is 2.45. The highest BCUT2D eigenvalue weighted by atomic mass is 16.5. The summed E-state index contributed by atoms with van der Waals surface area (Å²) < 4.78 is 17.0. The number of likely N-dealkylation sites (N-methyl/N-ethyl adjacent to an activating group) is 2. The number of hydrogen-bond acceptors (Lipinski definition) is 9. The molecular formula is C42H69N5O8. The van der Waals surface area contributed by atoms with E-state index in [-0.39, 0.29) is 54.3 Å². The molecule has 0 aliphatic carbocycles. The second-order valence-electron chi connectivity index (χ2n) is 16.4. The third-order valence-electron chi connectivity index (χ3n) is 12.3. The van der Waals surface area contributed by atoms with E-state index in [1.165, 1.54) is 14.2 Å². The Bertz CT molecular complexity index is 1460. The fourth-order valence-corrected chi connectivity index (χ4v) is 8.32. The van der Waals surface area contributed by atoms with E-state index in [1.54, 1.807) is 30.9 Å². The fraction of sp³-hybridized carbons (Fsp3) is 0.738. The topological polar surface area (TPSA) is 147 Å². The number of ether oxygens (including phenoxy) is 3. The van der Waals surface area contributed by atoms with Crippen molar-refractivity contribution in [3.05, 3.63) is 35.4 Å². The third kappa shape index (κ3) is 11.1. The lowest BCUT2D eigenvalue weighted by Gasteiger charge is -2.41. The summed E-state index contributed by atoms with van der Waals surface area (Å²) in [5.74, 6) is -2.35. The van der Waals surface area contributed by atoms with Gasteiger partial charge < -0.3 is 34.6 Å². The number of nitrogens with zero attached hydrogens (tertiary/aromatic N) is 3. The largest absolute Gasteiger partial charge is 0.467 e. The zero-order valence-electron chi connectivity index (χ0n) is 35.5. The molecular weight excluding hydrogens is 702 g/mol. The first kappa shape index (κ1) is 45.8. The number of hydrogen-bond donors (Lipinski definition) is 2. The van der Waals surface area contributed by atoms with Crippen molar-refractivity contribution in [3.63, 3.8) is 0 Å². The molecule has 1 aromatic rings. The first-order valence-corrected chi connectivity index (χ1v) is 20.0. The van der Waals surface area contributed by atoms with E-state index >= 15 is 0 Å². The van der Waals surface area contributed by atoms with Crippen molar-refractivity contribution in [2.45, 2.75) is 135 Å². The van der Waals surface area contributed by atoms with Crippen LogP contribution in [0.15, 0.2) is 24.3 Å². The Morgan fingerprint density at radius 2 is 1.62 bits per heavy atom. The van der Waals surface area contributed by atoms with E-state index in [4.69, 9.17) is 14.2 Å². The summed E-state index contributed by atoms with van der Waals surface area (Å²) in [6, 6.07) is 5.26. The van der Waals surface area contributed by atoms with Crippen LogP contribution in [0, 0.1) is 24.7 Å². The molecule has 310 valence electrons. The van der Waals surface area contributed by atoms with Crippen LogP contribution in [0.1, 0.15) is 91.2 Å². The number of carbonyl (C=O) groups is 5. The molecule has 2 N–H and O–H groups in total. The minimum Gasteiger partial charge on any atom is -0.467 e. The van der Waals surface area contributed by atoms with Crippen molar-refractivity contribution in [1.82, 2.24) is 25.3 Å². The summed E-state index contributed by atoms with van der Waals surface area (Å²) in [4.78, 5) is 74.0. The zero-order chi connectivity index (χ0) is 41.2. The van der Waals surface area contributed by atoms with Gasteiger partial charge in [0.25, 0.3) is 0 Å². The Balaban J connectivity index is 1.77. The number of likely N-dealkylation sites (tertiary alicyclic amines) is 2. The molecule has 0 bridgehead atoms. The average molecular weight is 772 g/mol. The van der Waals surface area contributed by atoms with Crippen LogP contribution in [-0.4, -0.2) is 135 Å². The molecule has 2 saturated heterocycles. The monoisotopic (exact) mass is 772 g/mol. The number of amides is 4. The lowest BCUT2D eigenvalue weighted by molar-refractivity contribution is -0.149. The number of carbonyl (C=O) groups excluding carboxylic acids is 5. The SMILES string of the molecule is CC[C@H](C)[C@@H]([C@@H](CC(=O)N1CCC[C@H]1[C@H](OC)[C@@H](C)C(=O)N[C@@H](Cc1ccc(C)cc1)C(=O)OC)OC)N(C)C(=O)[C@@H](NC(=O)[C@]1(C)CCCN1C)C(C)C. The van der Waals surface area contributed by atoms with Crippen LogP contribution < -0.4 is 10.6 Å². The quantitative estimate of drug-likeness (QED) is 0.201. The zero-order valence-corrected chi connectivity index (χ0v) is 35.5. The van der Waals surface area contributed by atoms with Crippen LogP contribution in [0.2, 0.25) is 0 Å². The fourth-order valence-electron chi connectivity index (χ4n) is 8.32. The molecule has 1 aromatic carbocycles. The summed E-state index contributed by atoms with van der Waals surface area (Å²) in [6.07, 6.45) is 2.75. The van der Waals surface area contributed by atoms with Crippen molar-refractivity contribution >= 4 is 29.6 Å². The molecule has 0 saturated carbocycles. The molecule has 9 atom stereocenters. The van der Waals surface area contributed by atoms with Gasteiger partial charge in [-0.05, 0) is 70.5 Å². The highest BCUT2D eigenvalue weighted by Crippen LogP contribution is 2.31. The van der Waals surface area contributed by atoms with Gasteiger partial charge in [0.2, 0.25) is 23.6 Å². The maximum absolute atomic E-state index is 14.3. The molecule has 55 heavy (non-hydrogen) atoms. The van der Waals surface area contributed by atoms with Gasteiger partial charge in [-0.15, -0.1) is 0 Å². The number of methoxy groups -OCH3 is 3. The van der Waals surface area contributed by atoms with Gasteiger partial charge in [-0.1, -0.05) is 70.9 Å². The Labute approximate surface area is 329 Å². The second kappa shape index (κ2) is 20.6. The smallest absolute Gasteiger partial charge is 0.328 e. The van der Waals surface area contributed by atoms with Crippen LogP contribution in [-0.2, 0) is 44.6 Å². The minimum atomic E-state index is -0.892. The first-order valence-electron chi connectivity index (χ1n) is 20.0. The van der Waals surface area contributed by atoms with E-state index in [0.29, 0.717) is 13.0 Å². The third-order valence-corrected chi connectivity index (χ3v) is 12.3. The van der Waals surface area contributed by atoms with Crippen molar-refractivity contribution in [3.8, 4) is 0 Å². The summed E-state index contributed by atoms with van der Waals surface area (Å²) in [5, 5.41) is 5.96. The van der Waals surface area contributed by atoms with E-state index in [0.717, 1.165) is 43.4 Å². The predicted molar refractivity (Wildman–Crippen MR) is 212 cm³/mol. The maximum atomic E-state index is 14.3. The molecule has 2 aliphatic heterocycles. The van der Waals surface area contributed by atoms with Crippen molar-refractivity contribution in [2.24, 2.45) is 17.8 Å². The van der Waals surface area contributed by atoms with Crippen LogP contribution >= 0.6 is 0 Å². The lowest BCUT2D eigenvalue weighted by Crippen LogP contribution is -2.61. The molecule has 2 heterocycles. The van der Waals surface area contributed by atoms with E-state index in [2.05, 4.69) is 10.6 Å². The summed E-state index contributed by atoms with van der Waals surface area (Å²) >= 11 is 0. The van der Waals surface area contributed by atoms with Crippen LogP contribution in [0.4, 0.5) is 0 Å². The van der Waals surface area contributed by atoms with Gasteiger partial charge in [0.05, 0.1) is 49.3 Å². The van der Waals surface area contributed by atoms with Crippen molar-refractivity contribution in [1.29, 1.82) is 0 Å². The highest BCUT2D eigenvalue weighted by molar-refractivity contribution is 5.92. The standard InChI is InChI=1S/C42H69N5O8/c1-13-28(5)36(46(9)39(50)35(26(2)3)44-41(52)42(7)21-15-22-45(42)8)33(53-10)25-34(48)47-23-14-16-32(47)37(54-11)29(6)38(49)43-31(40(51)55-12)24-30-19-17-27(4)18-20-30/h17-20,26,28-29,31-33,35-37H,13-16,21-25H2,1-12H3,(H,43,49)(H,44,52)/t28-,29+,31-,32-,33+,35-,36-,37+,42-/m0/s1. The van der Waals surface area contributed by atoms with Crippen molar-refractivity contribution < 1.29 is 38.2 Å². The summed E-state index contributed by atoms with van der Waals surface area (Å²) in [7, 11) is 8.06. The lowest BCUT2D eigenvalue weighted by atomic mass is 9.89.